The van der Waals surface area contributed by atoms with E-state index >= 15 is 0 Å². The Balaban J connectivity index is 1.75. The van der Waals surface area contributed by atoms with E-state index in [4.69, 9.17) is 5.41 Å². The van der Waals surface area contributed by atoms with Crippen molar-refractivity contribution in [2.75, 3.05) is 6.54 Å². The van der Waals surface area contributed by atoms with Gasteiger partial charge in [-0.15, -0.1) is 11.8 Å². The third-order valence-electron chi connectivity index (χ3n) is 5.04. The number of thioether (sulfide) groups is 1. The Morgan fingerprint density at radius 2 is 1.97 bits per heavy atom. The minimum atomic E-state index is -1.08. The summed E-state index contributed by atoms with van der Waals surface area (Å²) in [6.07, 6.45) is 0.872. The van der Waals surface area contributed by atoms with Crippen LogP contribution in [0.2, 0.25) is 0 Å². The van der Waals surface area contributed by atoms with Crippen LogP contribution in [-0.2, 0) is 19.2 Å². The van der Waals surface area contributed by atoms with Crippen LogP contribution >= 0.6 is 11.8 Å². The Hall–Kier alpha value is -3.08. The number of fused-ring (bicyclic) bond motifs is 1. The van der Waals surface area contributed by atoms with Gasteiger partial charge in [-0.3, -0.25) is 19.8 Å². The van der Waals surface area contributed by atoms with Crippen LogP contribution in [0.4, 0.5) is 0 Å². The zero-order valence-corrected chi connectivity index (χ0v) is 17.2. The first-order valence-corrected chi connectivity index (χ1v) is 10.1. The van der Waals surface area contributed by atoms with Crippen LogP contribution in [-0.4, -0.2) is 68.8 Å². The molecule has 0 aliphatic carbocycles. The Labute approximate surface area is 177 Å². The number of carbonyl (C=O) groups is 4. The van der Waals surface area contributed by atoms with Gasteiger partial charge < -0.3 is 26.0 Å². The summed E-state index contributed by atoms with van der Waals surface area (Å²) in [5.41, 5.74) is 0.532. The van der Waals surface area contributed by atoms with Gasteiger partial charge in [-0.2, -0.15) is 0 Å². The predicted molar refractivity (Wildman–Crippen MR) is 110 cm³/mol. The molecule has 0 saturated carbocycles. The molecular weight excluding hydrogens is 410 g/mol. The van der Waals surface area contributed by atoms with E-state index in [1.165, 1.54) is 16.7 Å². The monoisotopic (exact) mass is 433 g/mol. The van der Waals surface area contributed by atoms with E-state index in [0.29, 0.717) is 5.56 Å². The van der Waals surface area contributed by atoms with Gasteiger partial charge >= 0.3 is 5.97 Å². The highest BCUT2D eigenvalue weighted by molar-refractivity contribution is 8.01. The van der Waals surface area contributed by atoms with E-state index < -0.39 is 51.9 Å². The molecule has 2 aliphatic heterocycles. The Kier molecular flexibility index (Phi) is 6.01. The molecule has 2 fully saturated rings. The van der Waals surface area contributed by atoms with E-state index in [-0.39, 0.29) is 6.54 Å². The lowest BCUT2D eigenvalue weighted by molar-refractivity contribution is -0.161. The molecule has 4 atom stereocenters. The van der Waals surface area contributed by atoms with Crippen molar-refractivity contribution in [1.29, 1.82) is 5.41 Å². The number of β-lactam (4-membered cyclic amide) rings is 1. The van der Waals surface area contributed by atoms with Crippen LogP contribution in [0.25, 0.3) is 0 Å². The first-order valence-electron chi connectivity index (χ1n) is 9.27. The van der Waals surface area contributed by atoms with Gasteiger partial charge in [-0.05, 0) is 19.4 Å². The first kappa shape index (κ1) is 21.6. The highest BCUT2D eigenvalue weighted by Gasteiger charge is 2.64. The van der Waals surface area contributed by atoms with Crippen LogP contribution in [0, 0.1) is 5.41 Å². The van der Waals surface area contributed by atoms with Gasteiger partial charge in [0.15, 0.2) is 0 Å². The van der Waals surface area contributed by atoms with Gasteiger partial charge in [0.05, 0.1) is 12.9 Å². The molecule has 3 rings (SSSR count). The van der Waals surface area contributed by atoms with Crippen LogP contribution in [0.3, 0.4) is 0 Å². The second kappa shape index (κ2) is 8.34. The zero-order valence-electron chi connectivity index (χ0n) is 16.4. The molecular formula is C19H23N5O5S. The minimum Gasteiger partial charge on any atom is -0.480 e. The highest BCUT2D eigenvalue weighted by Crippen LogP contribution is 2.50. The molecule has 1 aromatic rings. The summed E-state index contributed by atoms with van der Waals surface area (Å²) < 4.78 is -0.697. The topological polar surface area (TPSA) is 152 Å². The fourth-order valence-electron chi connectivity index (χ4n) is 3.68. The second-order valence-corrected chi connectivity index (χ2v) is 9.29. The van der Waals surface area contributed by atoms with Gasteiger partial charge in [-0.25, -0.2) is 4.79 Å². The van der Waals surface area contributed by atoms with E-state index in [2.05, 4.69) is 16.0 Å². The van der Waals surface area contributed by atoms with Crippen molar-refractivity contribution < 1.29 is 24.3 Å². The third-order valence-corrected chi connectivity index (χ3v) is 6.61. The maximum atomic E-state index is 13.0. The Morgan fingerprint density at radius 3 is 2.57 bits per heavy atom. The summed E-state index contributed by atoms with van der Waals surface area (Å²) in [7, 11) is 0. The molecule has 1 aromatic carbocycles. The van der Waals surface area contributed by atoms with Crippen molar-refractivity contribution in [3.63, 3.8) is 0 Å². The zero-order chi connectivity index (χ0) is 22.1. The van der Waals surface area contributed by atoms with Crippen molar-refractivity contribution in [3.05, 3.63) is 35.9 Å². The number of carboxylic acids is 1. The summed E-state index contributed by atoms with van der Waals surface area (Å²) in [5, 5.41) is 23.7. The lowest BCUT2D eigenvalue weighted by Crippen LogP contribution is -2.71. The number of hydrogen-bond acceptors (Lipinski definition) is 6. The number of carbonyl (C=O) groups excluding carboxylic acids is 3. The molecule has 160 valence electrons. The van der Waals surface area contributed by atoms with Crippen molar-refractivity contribution in [2.45, 2.75) is 42.1 Å². The maximum Gasteiger partial charge on any atom is 0.327 e. The standard InChI is InChI=1S/C19H23N5O5S/c1-19(2)14(18(28)29)24-16(27)13(17(24)30-19)23-15(26)12(10-6-4-3-5-7-10)22-11(25)8-21-9-20/h3-7,9,12-14,17H,8H2,1-2H3,(H2,20,21)(H,22,25)(H,23,26)(H,28,29)/t12?,13-,14+,17-/m1/s1. The molecule has 11 heteroatoms. The van der Waals surface area contributed by atoms with Crippen LogP contribution in [0.5, 0.6) is 0 Å². The van der Waals surface area contributed by atoms with Gasteiger partial charge in [-0.1, -0.05) is 30.3 Å². The van der Waals surface area contributed by atoms with E-state index in [1.54, 1.807) is 44.2 Å². The van der Waals surface area contributed by atoms with E-state index in [9.17, 15) is 24.3 Å². The molecule has 10 nitrogen and oxygen atoms in total. The number of benzene rings is 1. The van der Waals surface area contributed by atoms with Crippen LogP contribution in [0.1, 0.15) is 25.5 Å². The lowest BCUT2D eigenvalue weighted by atomic mass is 9.95. The summed E-state index contributed by atoms with van der Waals surface area (Å²) in [5.74, 6) is -2.60. The number of amides is 3. The molecule has 3 amide bonds. The number of carboxylic acid groups (broad SMARTS) is 1. The van der Waals surface area contributed by atoms with Crippen molar-refractivity contribution in [1.82, 2.24) is 20.9 Å². The normalized spacial score (nSPS) is 24.8. The summed E-state index contributed by atoms with van der Waals surface area (Å²) in [6.45, 7) is 3.33. The van der Waals surface area contributed by atoms with Gasteiger partial charge in [0.25, 0.3) is 0 Å². The van der Waals surface area contributed by atoms with E-state index in [1.807, 2.05) is 0 Å². The average Bonchev–Trinajstić information content (AvgIpc) is 2.97. The van der Waals surface area contributed by atoms with Gasteiger partial charge in [0.2, 0.25) is 17.7 Å². The fourth-order valence-corrected chi connectivity index (χ4v) is 5.31. The average molecular weight is 433 g/mol. The SMILES string of the molecule is CC1(C)S[C@@H]2[C@H](NC(=O)C(NC(=O)CNC=N)c3ccccc3)C(=O)N2[C@H]1C(=O)O. The molecule has 2 saturated heterocycles. The molecule has 0 bridgehead atoms. The molecule has 2 aliphatic rings. The van der Waals surface area contributed by atoms with Crippen LogP contribution < -0.4 is 16.0 Å². The number of nitrogens with one attached hydrogen (secondary N) is 4. The van der Waals surface area contributed by atoms with Gasteiger partial charge in [0.1, 0.15) is 23.5 Å². The van der Waals surface area contributed by atoms with Crippen molar-refractivity contribution in [2.24, 2.45) is 0 Å². The molecule has 1 unspecified atom stereocenters. The molecule has 2 heterocycles. The largest absolute Gasteiger partial charge is 0.480 e. The third kappa shape index (κ3) is 3.97. The maximum absolute atomic E-state index is 13.0. The molecule has 0 spiro atoms. The summed E-state index contributed by atoms with van der Waals surface area (Å²) in [6, 6.07) is 5.70. The summed E-state index contributed by atoms with van der Waals surface area (Å²) in [4.78, 5) is 50.6. The highest BCUT2D eigenvalue weighted by atomic mass is 32.2. The van der Waals surface area contributed by atoms with Crippen molar-refractivity contribution >= 4 is 41.8 Å². The number of nitrogens with zero attached hydrogens (tertiary/aromatic N) is 1. The fraction of sp³-hybridized carbons (Fsp3) is 0.421. The summed E-state index contributed by atoms with van der Waals surface area (Å²) >= 11 is 1.33. The minimum absolute atomic E-state index is 0.177. The van der Waals surface area contributed by atoms with E-state index in [0.717, 1.165) is 6.34 Å². The smallest absolute Gasteiger partial charge is 0.327 e. The molecule has 0 radical (unpaired) electrons. The second-order valence-electron chi connectivity index (χ2n) is 7.52. The first-order chi connectivity index (χ1) is 14.2. The quantitative estimate of drug-likeness (QED) is 0.214. The molecule has 5 N–H and O–H groups in total. The lowest BCUT2D eigenvalue weighted by Gasteiger charge is -2.44. The predicted octanol–water partition coefficient (Wildman–Crippen LogP) is -0.328. The number of rotatable bonds is 8. The van der Waals surface area contributed by atoms with Crippen LogP contribution in [0.15, 0.2) is 30.3 Å². The molecule has 0 aromatic heterocycles. The number of hydrogen-bond donors (Lipinski definition) is 5. The van der Waals surface area contributed by atoms with Crippen molar-refractivity contribution in [3.8, 4) is 0 Å². The number of aliphatic carboxylic acids is 1. The van der Waals surface area contributed by atoms with Gasteiger partial charge in [0, 0.05) is 4.75 Å². The Morgan fingerprint density at radius 1 is 1.30 bits per heavy atom. The Bertz CT molecular complexity index is 877. The molecule has 30 heavy (non-hydrogen) atoms.